The molecule has 0 fully saturated rings. The van der Waals surface area contributed by atoms with E-state index in [2.05, 4.69) is 20.6 Å². The minimum absolute atomic E-state index is 0.0333. The van der Waals surface area contributed by atoms with Gasteiger partial charge >= 0.3 is 0 Å². The molecule has 4 rings (SSSR count). The number of hydrogen-bond acceptors (Lipinski definition) is 6. The summed E-state index contributed by atoms with van der Waals surface area (Å²) in [7, 11) is 0. The highest BCUT2D eigenvalue weighted by Gasteiger charge is 2.12. The molecule has 2 aromatic carbocycles. The van der Waals surface area contributed by atoms with Crippen LogP contribution >= 0.6 is 22.9 Å². The molecule has 156 valence electrons. The molecule has 0 aliphatic heterocycles. The maximum Gasteiger partial charge on any atom is 0.261 e. The molecule has 0 radical (unpaired) electrons. The van der Waals surface area contributed by atoms with Crippen LogP contribution in [0.4, 0.5) is 11.6 Å². The number of aliphatic hydroxyl groups excluding tert-OH is 1. The van der Waals surface area contributed by atoms with Gasteiger partial charge in [0, 0.05) is 23.5 Å². The van der Waals surface area contributed by atoms with Gasteiger partial charge in [-0.3, -0.25) is 4.79 Å². The number of hydrogen-bond donors (Lipinski definition) is 3. The van der Waals surface area contributed by atoms with E-state index in [0.717, 1.165) is 27.4 Å². The normalized spacial score (nSPS) is 10.6. The Hall–Kier alpha value is -3.26. The minimum atomic E-state index is -0.139. The third-order valence-electron chi connectivity index (χ3n) is 4.47. The molecule has 31 heavy (non-hydrogen) atoms. The number of halogens is 1. The fraction of sp³-hybridized carbons (Fsp3) is 0.0870. The van der Waals surface area contributed by atoms with Gasteiger partial charge in [0.1, 0.15) is 0 Å². The maximum absolute atomic E-state index is 12.5. The molecule has 0 saturated heterocycles. The van der Waals surface area contributed by atoms with Gasteiger partial charge in [-0.25, -0.2) is 9.97 Å². The Balaban J connectivity index is 1.44. The zero-order chi connectivity index (χ0) is 21.6. The Labute approximate surface area is 188 Å². The zero-order valence-corrected chi connectivity index (χ0v) is 18.0. The molecule has 2 heterocycles. The summed E-state index contributed by atoms with van der Waals surface area (Å²) in [6.45, 7) is 0.395. The van der Waals surface area contributed by atoms with Crippen molar-refractivity contribution in [3.8, 4) is 10.6 Å². The predicted molar refractivity (Wildman–Crippen MR) is 124 cm³/mol. The maximum atomic E-state index is 12.5. The van der Waals surface area contributed by atoms with E-state index in [1.165, 1.54) is 11.3 Å². The molecule has 0 saturated carbocycles. The number of aliphatic hydroxyl groups is 1. The van der Waals surface area contributed by atoms with Gasteiger partial charge in [-0.1, -0.05) is 35.9 Å². The first-order chi connectivity index (χ1) is 15.1. The van der Waals surface area contributed by atoms with Crippen LogP contribution in [0.3, 0.4) is 0 Å². The lowest BCUT2D eigenvalue weighted by Gasteiger charge is -2.07. The summed E-state index contributed by atoms with van der Waals surface area (Å²) in [5.74, 6) is 0.300. The van der Waals surface area contributed by atoms with Crippen molar-refractivity contribution in [1.82, 2.24) is 15.3 Å². The second-order valence-electron chi connectivity index (χ2n) is 6.72. The monoisotopic (exact) mass is 450 g/mol. The Bertz CT molecular complexity index is 1190. The largest absolute Gasteiger partial charge is 0.392 e. The average molecular weight is 451 g/mol. The second kappa shape index (κ2) is 9.70. The SMILES string of the molecule is O=C(NCc1ccc(Cl)cc1)c1ccc(-c2ccnc(Nc3cccc(CO)c3)n2)s1. The number of rotatable bonds is 7. The predicted octanol–water partition coefficient (Wildman–Crippen LogP) is 5.02. The summed E-state index contributed by atoms with van der Waals surface area (Å²) < 4.78 is 0. The topological polar surface area (TPSA) is 87.1 Å². The van der Waals surface area contributed by atoms with Crippen LogP contribution in [-0.2, 0) is 13.2 Å². The van der Waals surface area contributed by atoms with Gasteiger partial charge in [0.05, 0.1) is 22.1 Å². The number of carbonyl (C=O) groups is 1. The molecule has 0 bridgehead atoms. The summed E-state index contributed by atoms with van der Waals surface area (Å²) >= 11 is 7.26. The number of anilines is 2. The van der Waals surface area contributed by atoms with E-state index in [9.17, 15) is 9.90 Å². The second-order valence-corrected chi connectivity index (χ2v) is 8.24. The van der Waals surface area contributed by atoms with E-state index >= 15 is 0 Å². The van der Waals surface area contributed by atoms with Crippen molar-refractivity contribution in [2.24, 2.45) is 0 Å². The quantitative estimate of drug-likeness (QED) is 0.368. The molecule has 1 amide bonds. The molecule has 0 atom stereocenters. The van der Waals surface area contributed by atoms with Crippen LogP contribution in [0.2, 0.25) is 5.02 Å². The molecule has 2 aromatic heterocycles. The van der Waals surface area contributed by atoms with Gasteiger partial charge in [0.25, 0.3) is 5.91 Å². The van der Waals surface area contributed by atoms with E-state index in [-0.39, 0.29) is 12.5 Å². The van der Waals surface area contributed by atoms with Gasteiger partial charge in [0.2, 0.25) is 5.95 Å². The third-order valence-corrected chi connectivity index (χ3v) is 5.83. The summed E-state index contributed by atoms with van der Waals surface area (Å²) in [5.41, 5.74) is 3.29. The van der Waals surface area contributed by atoms with Gasteiger partial charge in [-0.2, -0.15) is 0 Å². The first-order valence-electron chi connectivity index (χ1n) is 9.53. The fourth-order valence-electron chi connectivity index (χ4n) is 2.90. The number of nitrogens with zero attached hydrogens (tertiary/aromatic N) is 2. The number of amides is 1. The lowest BCUT2D eigenvalue weighted by Crippen LogP contribution is -2.21. The van der Waals surface area contributed by atoms with E-state index < -0.39 is 0 Å². The number of nitrogens with one attached hydrogen (secondary N) is 2. The standard InChI is InChI=1S/C23H19ClN4O2S/c24-17-6-4-15(5-7-17)13-26-22(30)21-9-8-20(31-21)19-10-11-25-23(28-19)27-18-3-1-2-16(12-18)14-29/h1-12,29H,13-14H2,(H,26,30)(H,25,27,28). The van der Waals surface area contributed by atoms with Crippen LogP contribution in [0.5, 0.6) is 0 Å². The highest BCUT2D eigenvalue weighted by Crippen LogP contribution is 2.27. The number of thiophene rings is 1. The highest BCUT2D eigenvalue weighted by atomic mass is 35.5. The number of benzene rings is 2. The van der Waals surface area contributed by atoms with Crippen molar-refractivity contribution in [2.75, 3.05) is 5.32 Å². The Morgan fingerprint density at radius 1 is 1.03 bits per heavy atom. The smallest absolute Gasteiger partial charge is 0.261 e. The average Bonchev–Trinajstić information content (AvgIpc) is 3.29. The van der Waals surface area contributed by atoms with Crippen LogP contribution in [0.15, 0.2) is 72.9 Å². The molecule has 0 unspecified atom stereocenters. The summed E-state index contributed by atoms with van der Waals surface area (Å²) in [6.07, 6.45) is 1.67. The van der Waals surface area contributed by atoms with E-state index in [1.54, 1.807) is 30.5 Å². The van der Waals surface area contributed by atoms with E-state index in [1.807, 2.05) is 42.5 Å². The Kier molecular flexibility index (Phi) is 6.57. The fourth-order valence-corrected chi connectivity index (χ4v) is 3.92. The Morgan fingerprint density at radius 3 is 2.68 bits per heavy atom. The van der Waals surface area contributed by atoms with Crippen molar-refractivity contribution in [3.05, 3.63) is 94.0 Å². The molecule has 6 nitrogen and oxygen atoms in total. The summed E-state index contributed by atoms with van der Waals surface area (Å²) in [6, 6.07) is 20.2. The lowest BCUT2D eigenvalue weighted by atomic mass is 10.2. The molecule has 3 N–H and O–H groups in total. The molecule has 8 heteroatoms. The highest BCUT2D eigenvalue weighted by molar-refractivity contribution is 7.17. The van der Waals surface area contributed by atoms with Crippen LogP contribution in [0.25, 0.3) is 10.6 Å². The number of aromatic nitrogens is 2. The van der Waals surface area contributed by atoms with Gasteiger partial charge in [-0.05, 0) is 53.6 Å². The molecule has 0 spiro atoms. The van der Waals surface area contributed by atoms with Crippen LogP contribution in [0.1, 0.15) is 20.8 Å². The van der Waals surface area contributed by atoms with E-state index in [4.69, 9.17) is 11.6 Å². The molecular weight excluding hydrogens is 432 g/mol. The van der Waals surface area contributed by atoms with Crippen LogP contribution in [-0.4, -0.2) is 21.0 Å². The first kappa shape index (κ1) is 21.0. The third kappa shape index (κ3) is 5.46. The van der Waals surface area contributed by atoms with Crippen molar-refractivity contribution < 1.29 is 9.90 Å². The zero-order valence-electron chi connectivity index (χ0n) is 16.4. The Morgan fingerprint density at radius 2 is 1.87 bits per heavy atom. The van der Waals surface area contributed by atoms with Crippen LogP contribution in [0, 0.1) is 0 Å². The minimum Gasteiger partial charge on any atom is -0.392 e. The summed E-state index contributed by atoms with van der Waals surface area (Å²) in [4.78, 5) is 22.8. The molecular formula is C23H19ClN4O2S. The van der Waals surface area contributed by atoms with Crippen LogP contribution < -0.4 is 10.6 Å². The van der Waals surface area contributed by atoms with Crippen molar-refractivity contribution in [2.45, 2.75) is 13.2 Å². The van der Waals surface area contributed by atoms with Crippen molar-refractivity contribution in [1.29, 1.82) is 0 Å². The van der Waals surface area contributed by atoms with Gasteiger partial charge in [0.15, 0.2) is 0 Å². The van der Waals surface area contributed by atoms with Gasteiger partial charge in [-0.15, -0.1) is 11.3 Å². The van der Waals surface area contributed by atoms with Crippen molar-refractivity contribution in [3.63, 3.8) is 0 Å². The van der Waals surface area contributed by atoms with E-state index in [0.29, 0.717) is 22.4 Å². The van der Waals surface area contributed by atoms with Crippen molar-refractivity contribution >= 4 is 40.5 Å². The molecule has 4 aromatic rings. The van der Waals surface area contributed by atoms with Gasteiger partial charge < -0.3 is 15.7 Å². The number of carbonyl (C=O) groups excluding carboxylic acids is 1. The molecule has 0 aliphatic rings. The summed E-state index contributed by atoms with van der Waals surface area (Å²) in [5, 5.41) is 16.0. The molecule has 0 aliphatic carbocycles. The first-order valence-corrected chi connectivity index (χ1v) is 10.7. The lowest BCUT2D eigenvalue weighted by molar-refractivity contribution is 0.0955.